The zero-order chi connectivity index (χ0) is 30.6. The van der Waals surface area contributed by atoms with Crippen LogP contribution in [0.25, 0.3) is 0 Å². The first kappa shape index (κ1) is 32.2. The molecule has 5 rings (SSSR count). The minimum Gasteiger partial charge on any atom is -0.406 e. The van der Waals surface area contributed by atoms with Gasteiger partial charge in [-0.1, -0.05) is 76.8 Å². The third-order valence-corrected chi connectivity index (χ3v) is 10.7. The lowest BCUT2D eigenvalue weighted by molar-refractivity contribution is -0.274. The maximum absolute atomic E-state index is 15.8. The standard InChI is InChI=1S/C36H46F6O/c1-2-3-4-5-23-6-8-24(9-7-23)10-11-25-12-21-30-31(22-25)34(38)35(39)32(33(30)37)28-15-13-26(14-16-28)27-17-19-29(20-18-27)43-36(40,41)42/h17-20,23-26,28H,2-16,21-22H2,1H3. The summed E-state index contributed by atoms with van der Waals surface area (Å²) in [5.74, 6) is -1.15. The van der Waals surface area contributed by atoms with E-state index in [1.54, 1.807) is 12.1 Å². The molecule has 0 N–H and O–H groups in total. The summed E-state index contributed by atoms with van der Waals surface area (Å²) in [6, 6.07) is 5.81. The fourth-order valence-corrected chi connectivity index (χ4v) is 8.21. The smallest absolute Gasteiger partial charge is 0.406 e. The van der Waals surface area contributed by atoms with Crippen molar-refractivity contribution < 1.29 is 31.1 Å². The van der Waals surface area contributed by atoms with Crippen molar-refractivity contribution >= 4 is 0 Å². The molecule has 1 nitrogen and oxygen atoms in total. The SMILES string of the molecule is CCCCCC1CCC(CCC2CCc3c(F)c(C4CCC(c5ccc(OC(F)(F)F)cc5)CC4)c(F)c(F)c3C2)CC1. The van der Waals surface area contributed by atoms with Crippen LogP contribution in [0.3, 0.4) is 0 Å². The Bertz CT molecular complexity index is 1190. The van der Waals surface area contributed by atoms with Gasteiger partial charge in [-0.15, -0.1) is 13.2 Å². The average molecular weight is 609 g/mol. The third kappa shape index (κ3) is 8.11. The van der Waals surface area contributed by atoms with Crippen LogP contribution in [-0.4, -0.2) is 6.36 Å². The summed E-state index contributed by atoms with van der Waals surface area (Å²) in [5.41, 5.74) is 1.40. The molecule has 2 aromatic carbocycles. The molecule has 1 unspecified atom stereocenters. The maximum atomic E-state index is 15.8. The molecule has 7 heteroatoms. The lowest BCUT2D eigenvalue weighted by atomic mass is 9.73. The predicted octanol–water partition coefficient (Wildman–Crippen LogP) is 11.7. The minimum atomic E-state index is -4.74. The van der Waals surface area contributed by atoms with Crippen LogP contribution in [0.2, 0.25) is 0 Å². The average Bonchev–Trinajstić information content (AvgIpc) is 3.00. The third-order valence-electron chi connectivity index (χ3n) is 10.7. The summed E-state index contributed by atoms with van der Waals surface area (Å²) in [6.45, 7) is 2.25. The Hall–Kier alpha value is -2.18. The number of unbranched alkanes of at least 4 members (excludes halogenated alkanes) is 2. The molecule has 0 amide bonds. The van der Waals surface area contributed by atoms with E-state index in [9.17, 15) is 13.2 Å². The first-order valence-corrected chi connectivity index (χ1v) is 16.7. The Kier molecular flexibility index (Phi) is 10.7. The van der Waals surface area contributed by atoms with Gasteiger partial charge in [0.25, 0.3) is 0 Å². The number of hydrogen-bond donors (Lipinski definition) is 0. The summed E-state index contributed by atoms with van der Waals surface area (Å²) < 4.78 is 88.1. The molecule has 238 valence electrons. The van der Waals surface area contributed by atoms with E-state index in [4.69, 9.17) is 0 Å². The molecule has 0 aromatic heterocycles. The van der Waals surface area contributed by atoms with Crippen LogP contribution >= 0.6 is 0 Å². The number of rotatable bonds is 10. The van der Waals surface area contributed by atoms with E-state index in [-0.39, 0.29) is 28.7 Å². The van der Waals surface area contributed by atoms with Crippen molar-refractivity contribution in [3.05, 3.63) is 64.0 Å². The van der Waals surface area contributed by atoms with E-state index in [0.717, 1.165) is 36.7 Å². The summed E-state index contributed by atoms with van der Waals surface area (Å²) in [4.78, 5) is 0. The molecule has 0 saturated heterocycles. The van der Waals surface area contributed by atoms with Gasteiger partial charge in [0.15, 0.2) is 11.6 Å². The molecular weight excluding hydrogens is 562 g/mol. The van der Waals surface area contributed by atoms with E-state index in [1.807, 2.05) is 0 Å². The molecular formula is C36H46F6O. The van der Waals surface area contributed by atoms with E-state index in [2.05, 4.69) is 11.7 Å². The van der Waals surface area contributed by atoms with Crippen LogP contribution in [0.1, 0.15) is 137 Å². The highest BCUT2D eigenvalue weighted by Gasteiger charge is 2.35. The van der Waals surface area contributed by atoms with Gasteiger partial charge in [-0.3, -0.25) is 0 Å². The Balaban J connectivity index is 1.15. The highest BCUT2D eigenvalue weighted by molar-refractivity contribution is 5.40. The molecule has 0 bridgehead atoms. The van der Waals surface area contributed by atoms with Crippen LogP contribution in [0.15, 0.2) is 24.3 Å². The predicted molar refractivity (Wildman–Crippen MR) is 158 cm³/mol. The van der Waals surface area contributed by atoms with E-state index in [0.29, 0.717) is 44.1 Å². The van der Waals surface area contributed by atoms with Crippen LogP contribution < -0.4 is 4.74 Å². The Morgan fingerprint density at radius 3 is 1.88 bits per heavy atom. The summed E-state index contributed by atoms with van der Waals surface area (Å²) in [6.07, 6.45) is 11.8. The molecule has 2 saturated carbocycles. The molecule has 0 radical (unpaired) electrons. The molecule has 43 heavy (non-hydrogen) atoms. The molecule has 2 fully saturated rings. The minimum absolute atomic E-state index is 0.0710. The summed E-state index contributed by atoms with van der Waals surface area (Å²) in [7, 11) is 0. The molecule has 3 aliphatic rings. The van der Waals surface area contributed by atoms with Gasteiger partial charge in [0, 0.05) is 5.56 Å². The van der Waals surface area contributed by atoms with Gasteiger partial charge in [0.2, 0.25) is 0 Å². The number of hydrogen-bond acceptors (Lipinski definition) is 1. The number of fused-ring (bicyclic) bond motifs is 1. The van der Waals surface area contributed by atoms with Gasteiger partial charge in [0.05, 0.1) is 0 Å². The molecule has 2 aromatic rings. The van der Waals surface area contributed by atoms with Gasteiger partial charge < -0.3 is 4.74 Å². The zero-order valence-corrected chi connectivity index (χ0v) is 25.4. The first-order chi connectivity index (χ1) is 20.6. The molecule has 3 aliphatic carbocycles. The normalized spacial score (nSPS) is 26.3. The van der Waals surface area contributed by atoms with Crippen molar-refractivity contribution in [2.45, 2.75) is 134 Å². The zero-order valence-electron chi connectivity index (χ0n) is 25.4. The Morgan fingerprint density at radius 2 is 1.26 bits per heavy atom. The monoisotopic (exact) mass is 608 g/mol. The fourth-order valence-electron chi connectivity index (χ4n) is 8.21. The van der Waals surface area contributed by atoms with Crippen molar-refractivity contribution in [3.63, 3.8) is 0 Å². The number of benzene rings is 2. The number of alkyl halides is 3. The van der Waals surface area contributed by atoms with Gasteiger partial charge in [-0.25, -0.2) is 13.2 Å². The lowest BCUT2D eigenvalue weighted by Crippen LogP contribution is -2.23. The number of halogens is 6. The van der Waals surface area contributed by atoms with Crippen LogP contribution in [0.4, 0.5) is 26.3 Å². The fraction of sp³-hybridized carbons (Fsp3) is 0.667. The summed E-state index contributed by atoms with van der Waals surface area (Å²) >= 11 is 0. The molecule has 0 spiro atoms. The largest absolute Gasteiger partial charge is 0.573 e. The van der Waals surface area contributed by atoms with Crippen molar-refractivity contribution in [1.82, 2.24) is 0 Å². The molecule has 1 atom stereocenters. The maximum Gasteiger partial charge on any atom is 0.573 e. The van der Waals surface area contributed by atoms with Gasteiger partial charge in [0.1, 0.15) is 11.6 Å². The Labute approximate surface area is 252 Å². The topological polar surface area (TPSA) is 9.23 Å². The first-order valence-electron chi connectivity index (χ1n) is 16.7. The number of ether oxygens (including phenoxy) is 1. The van der Waals surface area contributed by atoms with Crippen LogP contribution in [-0.2, 0) is 12.8 Å². The molecule has 0 aliphatic heterocycles. The van der Waals surface area contributed by atoms with E-state index in [1.165, 1.54) is 63.5 Å². The van der Waals surface area contributed by atoms with Gasteiger partial charge >= 0.3 is 6.36 Å². The van der Waals surface area contributed by atoms with Gasteiger partial charge in [-0.05, 0) is 110 Å². The highest BCUT2D eigenvalue weighted by Crippen LogP contribution is 2.45. The molecule has 0 heterocycles. The van der Waals surface area contributed by atoms with Crippen molar-refractivity contribution in [1.29, 1.82) is 0 Å². The van der Waals surface area contributed by atoms with Crippen molar-refractivity contribution in [3.8, 4) is 5.75 Å². The van der Waals surface area contributed by atoms with Crippen LogP contribution in [0, 0.1) is 35.2 Å². The Morgan fingerprint density at radius 1 is 0.651 bits per heavy atom. The van der Waals surface area contributed by atoms with E-state index < -0.39 is 29.7 Å². The van der Waals surface area contributed by atoms with Crippen molar-refractivity contribution in [2.24, 2.45) is 17.8 Å². The quantitative estimate of drug-likeness (QED) is 0.148. The van der Waals surface area contributed by atoms with E-state index >= 15 is 13.2 Å². The second-order valence-corrected chi connectivity index (χ2v) is 13.5. The highest BCUT2D eigenvalue weighted by atomic mass is 19.4. The van der Waals surface area contributed by atoms with Crippen molar-refractivity contribution in [2.75, 3.05) is 0 Å². The second-order valence-electron chi connectivity index (χ2n) is 13.5. The van der Waals surface area contributed by atoms with Crippen LogP contribution in [0.5, 0.6) is 5.75 Å². The lowest BCUT2D eigenvalue weighted by Gasteiger charge is -2.33. The summed E-state index contributed by atoms with van der Waals surface area (Å²) in [5, 5.41) is 0. The van der Waals surface area contributed by atoms with Gasteiger partial charge in [-0.2, -0.15) is 0 Å². The second kappa shape index (κ2) is 14.3.